The second-order valence-corrected chi connectivity index (χ2v) is 6.05. The van der Waals surface area contributed by atoms with Crippen LogP contribution in [-0.4, -0.2) is 31.3 Å². The zero-order valence-corrected chi connectivity index (χ0v) is 15.2. The molecule has 5 nitrogen and oxygen atoms in total. The first-order valence-electron chi connectivity index (χ1n) is 8.21. The SMILES string of the molecule is C=C(COCC)N(C)c1c(C)c(N)nc2cccc(OC(C)C)c12. The molecule has 0 saturated heterocycles. The number of hydrogen-bond donors (Lipinski definition) is 1. The van der Waals surface area contributed by atoms with Gasteiger partial charge in [-0.1, -0.05) is 12.6 Å². The molecule has 0 atom stereocenters. The first kappa shape index (κ1) is 18.1. The maximum absolute atomic E-state index is 6.14. The number of benzene rings is 1. The Hall–Kier alpha value is -2.27. The van der Waals surface area contributed by atoms with Gasteiger partial charge in [0.05, 0.1) is 29.3 Å². The van der Waals surface area contributed by atoms with Crippen LogP contribution in [0.2, 0.25) is 0 Å². The quantitative estimate of drug-likeness (QED) is 0.835. The number of nitrogens with two attached hydrogens (primary N) is 1. The Labute approximate surface area is 144 Å². The number of likely N-dealkylation sites (N-methyl/N-ethyl adjacent to an activating group) is 1. The highest BCUT2D eigenvalue weighted by atomic mass is 16.5. The van der Waals surface area contributed by atoms with Gasteiger partial charge in [-0.25, -0.2) is 4.98 Å². The summed E-state index contributed by atoms with van der Waals surface area (Å²) in [6, 6.07) is 5.84. The van der Waals surface area contributed by atoms with E-state index in [1.807, 2.05) is 57.8 Å². The van der Waals surface area contributed by atoms with Crippen molar-refractivity contribution in [3.8, 4) is 5.75 Å². The summed E-state index contributed by atoms with van der Waals surface area (Å²) < 4.78 is 11.5. The second kappa shape index (κ2) is 7.53. The van der Waals surface area contributed by atoms with Crippen LogP contribution in [0, 0.1) is 6.92 Å². The molecule has 5 heteroatoms. The van der Waals surface area contributed by atoms with Crippen LogP contribution in [-0.2, 0) is 4.74 Å². The van der Waals surface area contributed by atoms with Crippen LogP contribution in [0.1, 0.15) is 26.3 Å². The summed E-state index contributed by atoms with van der Waals surface area (Å²) in [7, 11) is 1.97. The first-order valence-corrected chi connectivity index (χ1v) is 8.21. The maximum atomic E-state index is 6.14. The van der Waals surface area contributed by atoms with E-state index >= 15 is 0 Å². The minimum atomic E-state index is 0.0678. The fourth-order valence-electron chi connectivity index (χ4n) is 2.62. The number of aromatic nitrogens is 1. The molecule has 0 aliphatic heterocycles. The molecule has 0 saturated carbocycles. The molecule has 2 N–H and O–H groups in total. The predicted octanol–water partition coefficient (Wildman–Crippen LogP) is 3.90. The standard InChI is InChI=1S/C19H27N3O2/c1-7-23-11-13(4)22(6)18-14(5)19(20)21-15-9-8-10-16(17(15)18)24-12(2)3/h8-10,12H,4,7,11H2,1-3,5-6H3,(H2,20,21). The van der Waals surface area contributed by atoms with E-state index in [4.69, 9.17) is 15.2 Å². The molecule has 24 heavy (non-hydrogen) atoms. The lowest BCUT2D eigenvalue weighted by Crippen LogP contribution is -2.22. The van der Waals surface area contributed by atoms with E-state index in [9.17, 15) is 0 Å². The van der Waals surface area contributed by atoms with Crippen molar-refractivity contribution in [2.24, 2.45) is 0 Å². The number of nitrogens with zero attached hydrogens (tertiary/aromatic N) is 2. The Morgan fingerprint density at radius 3 is 2.71 bits per heavy atom. The van der Waals surface area contributed by atoms with Crippen LogP contribution < -0.4 is 15.4 Å². The summed E-state index contributed by atoms with van der Waals surface area (Å²) in [4.78, 5) is 6.53. The molecule has 1 aromatic carbocycles. The van der Waals surface area contributed by atoms with E-state index in [0.717, 1.165) is 33.6 Å². The monoisotopic (exact) mass is 329 g/mol. The van der Waals surface area contributed by atoms with E-state index in [-0.39, 0.29) is 6.10 Å². The molecule has 130 valence electrons. The lowest BCUT2D eigenvalue weighted by molar-refractivity contribution is 0.170. The van der Waals surface area contributed by atoms with Crippen molar-refractivity contribution < 1.29 is 9.47 Å². The molecule has 0 amide bonds. The third-order valence-electron chi connectivity index (χ3n) is 3.87. The Morgan fingerprint density at radius 2 is 2.08 bits per heavy atom. The number of fused-ring (bicyclic) bond motifs is 1. The number of anilines is 2. The Kier molecular flexibility index (Phi) is 5.67. The van der Waals surface area contributed by atoms with Gasteiger partial charge in [0.1, 0.15) is 11.6 Å². The van der Waals surface area contributed by atoms with Crippen LogP contribution >= 0.6 is 0 Å². The van der Waals surface area contributed by atoms with Gasteiger partial charge in [-0.3, -0.25) is 0 Å². The van der Waals surface area contributed by atoms with Crippen molar-refractivity contribution in [1.82, 2.24) is 4.98 Å². The van der Waals surface area contributed by atoms with Gasteiger partial charge in [0, 0.05) is 24.9 Å². The number of pyridine rings is 1. The Bertz CT molecular complexity index is 741. The minimum absolute atomic E-state index is 0.0678. The van der Waals surface area contributed by atoms with Crippen molar-refractivity contribution in [2.75, 3.05) is 30.9 Å². The first-order chi connectivity index (χ1) is 11.4. The molecule has 0 radical (unpaired) electrons. The molecule has 0 unspecified atom stereocenters. The molecule has 0 aliphatic carbocycles. The molecule has 0 fully saturated rings. The number of hydrogen-bond acceptors (Lipinski definition) is 5. The molecule has 0 spiro atoms. The smallest absolute Gasteiger partial charge is 0.131 e. The molecular formula is C19H27N3O2. The van der Waals surface area contributed by atoms with Crippen molar-refractivity contribution in [3.05, 3.63) is 36.0 Å². The van der Waals surface area contributed by atoms with E-state index in [0.29, 0.717) is 19.0 Å². The molecular weight excluding hydrogens is 302 g/mol. The van der Waals surface area contributed by atoms with Gasteiger partial charge in [0.15, 0.2) is 0 Å². The fraction of sp³-hybridized carbons (Fsp3) is 0.421. The zero-order valence-electron chi connectivity index (χ0n) is 15.2. The second-order valence-electron chi connectivity index (χ2n) is 6.05. The highest BCUT2D eigenvalue weighted by Crippen LogP contribution is 2.39. The van der Waals surface area contributed by atoms with E-state index in [1.54, 1.807) is 0 Å². The van der Waals surface area contributed by atoms with E-state index < -0.39 is 0 Å². The summed E-state index contributed by atoms with van der Waals surface area (Å²) >= 11 is 0. The van der Waals surface area contributed by atoms with Gasteiger partial charge in [-0.2, -0.15) is 0 Å². The summed E-state index contributed by atoms with van der Waals surface area (Å²) in [6.07, 6.45) is 0.0678. The van der Waals surface area contributed by atoms with Crippen molar-refractivity contribution in [3.63, 3.8) is 0 Å². The molecule has 2 rings (SSSR count). The summed E-state index contributed by atoms with van der Waals surface area (Å²) in [6.45, 7) is 13.2. The van der Waals surface area contributed by atoms with Crippen LogP contribution in [0.15, 0.2) is 30.5 Å². The number of rotatable bonds is 7. The normalized spacial score (nSPS) is 11.1. The molecule has 2 aromatic rings. The van der Waals surface area contributed by atoms with Gasteiger partial charge >= 0.3 is 0 Å². The van der Waals surface area contributed by atoms with Gasteiger partial charge in [0.2, 0.25) is 0 Å². The number of nitrogen functional groups attached to an aromatic ring is 1. The molecule has 0 aliphatic rings. The summed E-state index contributed by atoms with van der Waals surface area (Å²) in [5.41, 5.74) is 9.66. The van der Waals surface area contributed by atoms with Gasteiger partial charge in [-0.05, 0) is 39.8 Å². The fourth-order valence-corrected chi connectivity index (χ4v) is 2.62. The summed E-state index contributed by atoms with van der Waals surface area (Å²) in [5.74, 6) is 1.31. The van der Waals surface area contributed by atoms with E-state index in [2.05, 4.69) is 11.6 Å². The predicted molar refractivity (Wildman–Crippen MR) is 101 cm³/mol. The Balaban J connectivity index is 2.65. The highest BCUT2D eigenvalue weighted by molar-refractivity contribution is 6.00. The minimum Gasteiger partial charge on any atom is -0.490 e. The summed E-state index contributed by atoms with van der Waals surface area (Å²) in [5, 5.41) is 0.943. The molecule has 1 heterocycles. The van der Waals surface area contributed by atoms with Crippen molar-refractivity contribution >= 4 is 22.4 Å². The van der Waals surface area contributed by atoms with Crippen LogP contribution in [0.5, 0.6) is 5.75 Å². The van der Waals surface area contributed by atoms with Gasteiger partial charge in [-0.15, -0.1) is 0 Å². The van der Waals surface area contributed by atoms with Crippen LogP contribution in [0.3, 0.4) is 0 Å². The van der Waals surface area contributed by atoms with Gasteiger partial charge < -0.3 is 20.1 Å². The van der Waals surface area contributed by atoms with E-state index in [1.165, 1.54) is 0 Å². The third kappa shape index (κ3) is 3.62. The molecule has 0 bridgehead atoms. The Morgan fingerprint density at radius 1 is 1.38 bits per heavy atom. The highest BCUT2D eigenvalue weighted by Gasteiger charge is 2.19. The van der Waals surface area contributed by atoms with Gasteiger partial charge in [0.25, 0.3) is 0 Å². The third-order valence-corrected chi connectivity index (χ3v) is 3.87. The number of ether oxygens (including phenoxy) is 2. The zero-order chi connectivity index (χ0) is 17.9. The molecule has 1 aromatic heterocycles. The largest absolute Gasteiger partial charge is 0.490 e. The lowest BCUT2D eigenvalue weighted by Gasteiger charge is -2.27. The average molecular weight is 329 g/mol. The van der Waals surface area contributed by atoms with Crippen LogP contribution in [0.25, 0.3) is 10.9 Å². The van der Waals surface area contributed by atoms with Crippen molar-refractivity contribution in [2.45, 2.75) is 33.8 Å². The van der Waals surface area contributed by atoms with Crippen LogP contribution in [0.4, 0.5) is 11.5 Å². The lowest BCUT2D eigenvalue weighted by atomic mass is 10.1. The topological polar surface area (TPSA) is 60.6 Å². The average Bonchev–Trinajstić information content (AvgIpc) is 2.53. The maximum Gasteiger partial charge on any atom is 0.131 e. The van der Waals surface area contributed by atoms with Crippen molar-refractivity contribution in [1.29, 1.82) is 0 Å².